The first-order chi connectivity index (χ1) is 21.6. The van der Waals surface area contributed by atoms with Gasteiger partial charge in [0.2, 0.25) is 11.7 Å². The molecule has 3 aliphatic carbocycles. The summed E-state index contributed by atoms with van der Waals surface area (Å²) in [7, 11) is 6.62. The van der Waals surface area contributed by atoms with Gasteiger partial charge in [-0.3, -0.25) is 24.1 Å². The van der Waals surface area contributed by atoms with Crippen LogP contribution in [0, 0.1) is 11.8 Å². The van der Waals surface area contributed by atoms with Crippen molar-refractivity contribution in [2.45, 2.75) is 71.1 Å². The fraction of sp³-hybridized carbons (Fsp3) is 0.545. The van der Waals surface area contributed by atoms with Crippen LogP contribution in [0.2, 0.25) is 0 Å². The van der Waals surface area contributed by atoms with E-state index in [1.54, 1.807) is 46.1 Å². The van der Waals surface area contributed by atoms with Gasteiger partial charge in [0.15, 0.2) is 17.1 Å². The largest absolute Gasteiger partial charge is 0.510 e. The summed E-state index contributed by atoms with van der Waals surface area (Å²) in [6, 6.07) is 0.487. The maximum Gasteiger partial charge on any atom is 0.255 e. The number of carbonyl (C=O) groups is 5. The number of hydrogen-bond donors (Lipinski definition) is 7. The predicted molar refractivity (Wildman–Crippen MR) is 175 cm³/mol. The molecule has 0 aliphatic heterocycles. The van der Waals surface area contributed by atoms with Gasteiger partial charge in [-0.1, -0.05) is 6.92 Å². The fourth-order valence-electron chi connectivity index (χ4n) is 6.33. The van der Waals surface area contributed by atoms with E-state index in [-0.39, 0.29) is 47.5 Å². The number of hydrogen-bond acceptors (Lipinski definition) is 12. The smallest absolute Gasteiger partial charge is 0.255 e. The third-order valence-corrected chi connectivity index (χ3v) is 8.73. The molecular formula is C33H47N5O9. The Bertz CT molecular complexity index is 1570. The zero-order valence-corrected chi connectivity index (χ0v) is 28.4. The Hall–Kier alpha value is -4.27. The third-order valence-electron chi connectivity index (χ3n) is 8.73. The molecule has 0 saturated carbocycles. The summed E-state index contributed by atoms with van der Waals surface area (Å²) < 4.78 is 0. The van der Waals surface area contributed by atoms with Gasteiger partial charge in [0, 0.05) is 43.2 Å². The van der Waals surface area contributed by atoms with E-state index in [1.165, 1.54) is 4.90 Å². The highest BCUT2D eigenvalue weighted by molar-refractivity contribution is 6.25. The molecule has 3 aliphatic rings. The number of amides is 2. The molecule has 4 rings (SSSR count). The first-order valence-corrected chi connectivity index (χ1v) is 15.3. The number of nitrogens with one attached hydrogen (secondary N) is 2. The van der Waals surface area contributed by atoms with E-state index in [4.69, 9.17) is 5.73 Å². The number of aliphatic hydroxyl groups is 3. The number of carbonyl (C=O) groups excluding carboxylic acids is 5. The van der Waals surface area contributed by atoms with E-state index < -0.39 is 69.7 Å². The summed E-state index contributed by atoms with van der Waals surface area (Å²) >= 11 is 0. The first-order valence-electron chi connectivity index (χ1n) is 15.3. The van der Waals surface area contributed by atoms with Crippen molar-refractivity contribution in [2.24, 2.45) is 17.6 Å². The molecule has 0 fully saturated rings. The fourth-order valence-corrected chi connectivity index (χ4v) is 6.33. The van der Waals surface area contributed by atoms with Crippen molar-refractivity contribution in [3.63, 3.8) is 0 Å². The van der Waals surface area contributed by atoms with Crippen molar-refractivity contribution < 1.29 is 44.4 Å². The Kier molecular flexibility index (Phi) is 10.6. The van der Waals surface area contributed by atoms with Gasteiger partial charge in [-0.15, -0.1) is 0 Å². The summed E-state index contributed by atoms with van der Waals surface area (Å²) in [5.74, 6) is -7.54. The molecule has 0 unspecified atom stereocenters. The number of fused-ring (bicyclic) bond motifs is 3. The number of allylic oxidation sites excluding steroid dienone is 1. The Morgan fingerprint density at radius 2 is 1.66 bits per heavy atom. The molecule has 1 aromatic carbocycles. The SMILES string of the molecule is CCC(C)=O.CN(C)c1cc(NC(=O)CNC(C)(C)C)c(O)c2c1C[C@H]1C[C@H]3[C@H](N(C)C)C(O)=C(C(N)=O)C(=O)[C@@]3(O)C(O)=C1C2=O. The number of phenols is 1. The molecule has 14 heteroatoms. The molecular weight excluding hydrogens is 610 g/mol. The van der Waals surface area contributed by atoms with Crippen LogP contribution < -0.4 is 21.3 Å². The van der Waals surface area contributed by atoms with Crippen LogP contribution in [0.25, 0.3) is 0 Å². The lowest BCUT2D eigenvalue weighted by molar-refractivity contribution is -0.148. The molecule has 47 heavy (non-hydrogen) atoms. The van der Waals surface area contributed by atoms with E-state index in [9.17, 15) is 44.4 Å². The molecule has 8 N–H and O–H groups in total. The molecule has 0 heterocycles. The van der Waals surface area contributed by atoms with Gasteiger partial charge in [-0.2, -0.15) is 0 Å². The maximum atomic E-state index is 14.1. The number of primary amides is 1. The van der Waals surface area contributed by atoms with Crippen LogP contribution in [0.5, 0.6) is 5.75 Å². The van der Waals surface area contributed by atoms with Crippen molar-refractivity contribution in [1.82, 2.24) is 10.2 Å². The van der Waals surface area contributed by atoms with E-state index in [1.807, 2.05) is 27.7 Å². The normalized spacial score (nSPS) is 23.8. The third kappa shape index (κ3) is 6.90. The summed E-state index contributed by atoms with van der Waals surface area (Å²) in [5.41, 5.74) is 1.96. The monoisotopic (exact) mass is 657 g/mol. The molecule has 1 aromatic rings. The van der Waals surface area contributed by atoms with Crippen LogP contribution in [0.4, 0.5) is 11.4 Å². The molecule has 0 spiro atoms. The number of nitrogens with zero attached hydrogens (tertiary/aromatic N) is 2. The van der Waals surface area contributed by atoms with Crippen molar-refractivity contribution in [2.75, 3.05) is 45.0 Å². The Morgan fingerprint density at radius 1 is 1.09 bits per heavy atom. The number of benzene rings is 1. The minimum Gasteiger partial charge on any atom is -0.510 e. The van der Waals surface area contributed by atoms with Gasteiger partial charge >= 0.3 is 0 Å². The number of likely N-dealkylation sites (N-methyl/N-ethyl adjacent to an activating group) is 1. The Balaban J connectivity index is 0.00000111. The zero-order chi connectivity index (χ0) is 35.9. The lowest BCUT2D eigenvalue weighted by atomic mass is 9.58. The second kappa shape index (κ2) is 13.5. The number of ketones is 3. The number of Topliss-reactive ketones (excluding diaryl/α,β-unsaturated/α-hetero) is 3. The zero-order valence-electron chi connectivity index (χ0n) is 28.4. The average Bonchev–Trinajstić information content (AvgIpc) is 2.94. The number of phenolic OH excluding ortho intramolecular Hbond substituents is 1. The molecule has 0 radical (unpaired) electrons. The van der Waals surface area contributed by atoms with Gasteiger partial charge in [-0.25, -0.2) is 0 Å². The van der Waals surface area contributed by atoms with E-state index >= 15 is 0 Å². The van der Waals surface area contributed by atoms with Crippen LogP contribution in [-0.2, 0) is 25.6 Å². The lowest BCUT2D eigenvalue weighted by Crippen LogP contribution is -2.63. The van der Waals surface area contributed by atoms with Crippen molar-refractivity contribution >= 4 is 40.5 Å². The molecule has 0 bridgehead atoms. The highest BCUT2D eigenvalue weighted by Crippen LogP contribution is 2.53. The second-order valence-corrected chi connectivity index (χ2v) is 13.7. The highest BCUT2D eigenvalue weighted by Gasteiger charge is 2.63. The van der Waals surface area contributed by atoms with E-state index in [0.29, 0.717) is 17.7 Å². The minimum absolute atomic E-state index is 0.0175. The van der Waals surface area contributed by atoms with Crippen LogP contribution >= 0.6 is 0 Å². The van der Waals surface area contributed by atoms with Crippen LogP contribution in [0.1, 0.15) is 63.4 Å². The van der Waals surface area contributed by atoms with Gasteiger partial charge in [0.05, 0.1) is 23.8 Å². The maximum absolute atomic E-state index is 14.1. The van der Waals surface area contributed by atoms with Crippen LogP contribution in [0.3, 0.4) is 0 Å². The quantitative estimate of drug-likeness (QED) is 0.164. The minimum atomic E-state index is -2.73. The molecule has 258 valence electrons. The van der Waals surface area contributed by atoms with E-state index in [0.717, 1.165) is 0 Å². The highest BCUT2D eigenvalue weighted by atomic mass is 16.3. The summed E-state index contributed by atoms with van der Waals surface area (Å²) in [6.07, 6.45) is 0.784. The number of nitrogens with two attached hydrogens (primary N) is 1. The second-order valence-electron chi connectivity index (χ2n) is 13.7. The van der Waals surface area contributed by atoms with Crippen molar-refractivity contribution in [3.8, 4) is 5.75 Å². The topological polar surface area (TPSA) is 223 Å². The van der Waals surface area contributed by atoms with Crippen molar-refractivity contribution in [1.29, 1.82) is 0 Å². The Morgan fingerprint density at radius 3 is 2.13 bits per heavy atom. The number of anilines is 2. The molecule has 0 saturated heterocycles. The standard InChI is InChI=1S/C29H39N5O8.C4H8O/c1-28(2,3)31-11-17(35)32-15-10-16(33(4)5)13-8-12-9-14-21(34(6)7)24(38)20(27(30)41)26(40)29(14,42)25(39)18(12)23(37)19(13)22(15)36;1-3-4(2)5/h10,12,14,21,31,36,38-39,42H,8-9,11H2,1-7H3,(H2,30,41)(H,32,35);3H2,1-2H3/t12-,14-,21-,29-;/m0./s1. The summed E-state index contributed by atoms with van der Waals surface area (Å²) in [5, 5.41) is 51.1. The molecule has 2 amide bonds. The molecule has 0 aromatic heterocycles. The predicted octanol–water partition coefficient (Wildman–Crippen LogP) is 1.50. The first kappa shape index (κ1) is 37.2. The van der Waals surface area contributed by atoms with Crippen molar-refractivity contribution in [3.05, 3.63) is 39.9 Å². The number of aliphatic hydroxyl groups excluding tert-OH is 2. The van der Waals surface area contributed by atoms with Gasteiger partial charge in [-0.05, 0) is 72.2 Å². The molecule has 14 nitrogen and oxygen atoms in total. The van der Waals surface area contributed by atoms with Gasteiger partial charge < -0.3 is 46.5 Å². The summed E-state index contributed by atoms with van der Waals surface area (Å²) in [6.45, 7) is 9.04. The lowest BCUT2D eigenvalue weighted by Gasteiger charge is -2.50. The average molecular weight is 658 g/mol. The van der Waals surface area contributed by atoms with Gasteiger partial charge in [0.25, 0.3) is 5.91 Å². The Labute approximate surface area is 274 Å². The van der Waals surface area contributed by atoms with Crippen LogP contribution in [0.15, 0.2) is 28.7 Å². The number of rotatable bonds is 7. The van der Waals surface area contributed by atoms with Crippen LogP contribution in [-0.4, -0.2) is 106 Å². The van der Waals surface area contributed by atoms with E-state index in [2.05, 4.69) is 10.6 Å². The molecule has 4 atom stereocenters. The summed E-state index contributed by atoms with van der Waals surface area (Å²) in [4.78, 5) is 65.4. The number of aromatic hydroxyl groups is 1. The van der Waals surface area contributed by atoms with Gasteiger partial charge in [0.1, 0.15) is 22.9 Å².